The summed E-state index contributed by atoms with van der Waals surface area (Å²) in [6.45, 7) is 2.91. The molecule has 0 saturated heterocycles. The number of ether oxygens (including phenoxy) is 2. The van der Waals surface area contributed by atoms with Gasteiger partial charge >= 0.3 is 0 Å². The molecule has 0 bridgehead atoms. The maximum atomic E-state index is 14.2. The number of para-hydroxylation sites is 3. The summed E-state index contributed by atoms with van der Waals surface area (Å²) in [6, 6.07) is 23.3. The Morgan fingerprint density at radius 3 is 1.81 bits per heavy atom. The van der Waals surface area contributed by atoms with Gasteiger partial charge in [-0.1, -0.05) is 134 Å². The van der Waals surface area contributed by atoms with Crippen LogP contribution in [0, 0.1) is 0 Å². The van der Waals surface area contributed by atoms with E-state index in [2.05, 4.69) is 17.2 Å². The van der Waals surface area contributed by atoms with Crippen molar-refractivity contribution in [1.82, 2.24) is 9.55 Å². The maximum Gasteiger partial charge on any atom is 0.292 e. The first-order valence-electron chi connectivity index (χ1n) is 18.2. The van der Waals surface area contributed by atoms with Crippen LogP contribution in [0.15, 0.2) is 85.2 Å². The van der Waals surface area contributed by atoms with Crippen LogP contribution in [0.25, 0.3) is 11.0 Å². The van der Waals surface area contributed by atoms with Crippen molar-refractivity contribution in [3.8, 4) is 5.75 Å². The van der Waals surface area contributed by atoms with Crippen molar-refractivity contribution < 1.29 is 19.1 Å². The van der Waals surface area contributed by atoms with Crippen molar-refractivity contribution in [3.63, 3.8) is 0 Å². The Kier molecular flexibility index (Phi) is 15.7. The van der Waals surface area contributed by atoms with Gasteiger partial charge in [0, 0.05) is 18.4 Å². The van der Waals surface area contributed by atoms with Gasteiger partial charge < -0.3 is 14.8 Å². The number of benzene rings is 3. The van der Waals surface area contributed by atoms with E-state index < -0.39 is 17.4 Å². The monoisotopic (exact) mass is 653 g/mol. The zero-order valence-electron chi connectivity index (χ0n) is 29.1. The normalized spacial score (nSPS) is 12.5. The third-order valence-electron chi connectivity index (χ3n) is 9.12. The average Bonchev–Trinajstić information content (AvgIpc) is 3.55. The molecule has 7 heteroatoms. The molecule has 4 aromatic rings. The number of nitrogens with zero attached hydrogens (tertiary/aromatic N) is 2. The predicted octanol–water partition coefficient (Wildman–Crippen LogP) is 10.5. The zero-order valence-corrected chi connectivity index (χ0v) is 29.1. The van der Waals surface area contributed by atoms with Gasteiger partial charge in [0.15, 0.2) is 0 Å². The Morgan fingerprint density at radius 2 is 1.23 bits per heavy atom. The van der Waals surface area contributed by atoms with Crippen molar-refractivity contribution >= 4 is 28.4 Å². The van der Waals surface area contributed by atoms with Crippen molar-refractivity contribution in [2.24, 2.45) is 0 Å². The van der Waals surface area contributed by atoms with E-state index in [1.54, 1.807) is 36.4 Å². The highest BCUT2D eigenvalue weighted by Crippen LogP contribution is 2.30. The summed E-state index contributed by atoms with van der Waals surface area (Å²) in [7, 11) is 1.37. The van der Waals surface area contributed by atoms with E-state index in [0.717, 1.165) is 12.8 Å². The van der Waals surface area contributed by atoms with Crippen LogP contribution in [0.1, 0.15) is 120 Å². The van der Waals surface area contributed by atoms with Gasteiger partial charge in [-0.3, -0.25) is 14.2 Å². The summed E-state index contributed by atoms with van der Waals surface area (Å²) in [5, 5.41) is 2.87. The molecule has 4 rings (SSSR count). The standard InChI is InChI=1S/C41H55N3O4/c1-3-4-5-6-7-8-9-10-11-12-13-14-15-16-17-23-32-48-36-30-28-34(29-31-36)39(45)41(47-2,40(46)43-35-24-19-18-20-25-35)44-33-42-37-26-21-22-27-38(37)44/h18-22,24-31,33H,3-17,23,32H2,1-2H3,(H,43,46). The molecule has 0 spiro atoms. The second kappa shape index (κ2) is 20.4. The molecule has 7 nitrogen and oxygen atoms in total. The van der Waals surface area contributed by atoms with Gasteiger partial charge in [-0.2, -0.15) is 0 Å². The predicted molar refractivity (Wildman–Crippen MR) is 196 cm³/mol. The van der Waals surface area contributed by atoms with E-state index in [9.17, 15) is 9.59 Å². The number of fused-ring (bicyclic) bond motifs is 1. The van der Waals surface area contributed by atoms with Gasteiger partial charge in [0.1, 0.15) is 5.75 Å². The molecule has 1 atom stereocenters. The molecule has 0 aliphatic carbocycles. The number of hydrogen-bond acceptors (Lipinski definition) is 5. The van der Waals surface area contributed by atoms with Crippen LogP contribution in [0.2, 0.25) is 0 Å². The number of hydrogen-bond donors (Lipinski definition) is 1. The first-order chi connectivity index (χ1) is 23.6. The lowest BCUT2D eigenvalue weighted by Gasteiger charge is -2.31. The average molecular weight is 654 g/mol. The second-order valence-electron chi connectivity index (χ2n) is 12.8. The molecule has 1 N–H and O–H groups in total. The van der Waals surface area contributed by atoms with Crippen molar-refractivity contribution in [2.75, 3.05) is 19.0 Å². The quantitative estimate of drug-likeness (QED) is 0.0462. The number of imidazole rings is 1. The highest BCUT2D eigenvalue weighted by molar-refractivity contribution is 6.18. The van der Waals surface area contributed by atoms with Gasteiger partial charge in [0.2, 0.25) is 5.78 Å². The smallest absolute Gasteiger partial charge is 0.292 e. The number of carbonyl (C=O) groups excluding carboxylic acids is 2. The first-order valence-corrected chi connectivity index (χ1v) is 18.2. The third kappa shape index (κ3) is 10.5. The maximum absolute atomic E-state index is 14.2. The van der Waals surface area contributed by atoms with Crippen LogP contribution < -0.4 is 10.1 Å². The van der Waals surface area contributed by atoms with Gasteiger partial charge in [-0.05, 0) is 55.0 Å². The molecule has 1 aromatic heterocycles. The molecule has 48 heavy (non-hydrogen) atoms. The fourth-order valence-electron chi connectivity index (χ4n) is 6.29. The summed E-state index contributed by atoms with van der Waals surface area (Å²) in [5.74, 6) is -0.434. The fraction of sp³-hybridized carbons (Fsp3) is 0.488. The van der Waals surface area contributed by atoms with E-state index in [1.165, 1.54) is 108 Å². The molecule has 0 radical (unpaired) electrons. The fourth-order valence-corrected chi connectivity index (χ4v) is 6.29. The minimum absolute atomic E-state index is 0.326. The minimum Gasteiger partial charge on any atom is -0.494 e. The van der Waals surface area contributed by atoms with E-state index in [1.807, 2.05) is 42.5 Å². The summed E-state index contributed by atoms with van der Waals surface area (Å²) >= 11 is 0. The number of methoxy groups -OCH3 is 1. The largest absolute Gasteiger partial charge is 0.494 e. The lowest BCUT2D eigenvalue weighted by atomic mass is 9.98. The highest BCUT2D eigenvalue weighted by Gasteiger charge is 2.49. The van der Waals surface area contributed by atoms with Crippen LogP contribution in [-0.4, -0.2) is 35.0 Å². The van der Waals surface area contributed by atoms with Crippen molar-refractivity contribution in [1.29, 1.82) is 0 Å². The molecule has 3 aromatic carbocycles. The van der Waals surface area contributed by atoms with Gasteiger partial charge in [0.25, 0.3) is 11.6 Å². The lowest BCUT2D eigenvalue weighted by molar-refractivity contribution is -0.141. The number of anilines is 1. The van der Waals surface area contributed by atoms with Gasteiger partial charge in [-0.25, -0.2) is 4.98 Å². The molecule has 0 fully saturated rings. The van der Waals surface area contributed by atoms with E-state index >= 15 is 0 Å². The number of Topliss-reactive ketones (excluding diaryl/α,β-unsaturated/α-hetero) is 1. The summed E-state index contributed by atoms with van der Waals surface area (Å²) in [6.07, 6.45) is 22.8. The van der Waals surface area contributed by atoms with Crippen LogP contribution in [-0.2, 0) is 15.3 Å². The topological polar surface area (TPSA) is 82.5 Å². The molecule has 258 valence electrons. The molecule has 1 amide bonds. The number of unbranched alkanes of at least 4 members (excludes halogenated alkanes) is 15. The Bertz CT molecular complexity index is 1500. The number of nitrogens with one attached hydrogen (secondary N) is 1. The highest BCUT2D eigenvalue weighted by atomic mass is 16.5. The zero-order chi connectivity index (χ0) is 33.9. The molecule has 0 aliphatic heterocycles. The van der Waals surface area contributed by atoms with Gasteiger partial charge in [-0.15, -0.1) is 0 Å². The third-order valence-corrected chi connectivity index (χ3v) is 9.12. The molecule has 0 saturated carbocycles. The summed E-state index contributed by atoms with van der Waals surface area (Å²) in [4.78, 5) is 32.6. The van der Waals surface area contributed by atoms with Gasteiger partial charge in [0.05, 0.1) is 24.0 Å². The first kappa shape index (κ1) is 36.9. The van der Waals surface area contributed by atoms with Crippen molar-refractivity contribution in [3.05, 3.63) is 90.8 Å². The number of ketones is 1. The summed E-state index contributed by atoms with van der Waals surface area (Å²) < 4.78 is 13.4. The van der Waals surface area contributed by atoms with Crippen LogP contribution in [0.3, 0.4) is 0 Å². The molecular weight excluding hydrogens is 598 g/mol. The second-order valence-corrected chi connectivity index (χ2v) is 12.8. The SMILES string of the molecule is CCCCCCCCCCCCCCCCCCOc1ccc(C(=O)C(OC)(C(=O)Nc2ccccc2)n2cnc3ccccc32)cc1. The molecular formula is C41H55N3O4. The van der Waals surface area contributed by atoms with Crippen molar-refractivity contribution in [2.45, 2.75) is 115 Å². The number of amides is 1. The minimum atomic E-state index is -2.03. The molecule has 0 aliphatic rings. The Labute approximate surface area is 287 Å². The number of aromatic nitrogens is 2. The van der Waals surface area contributed by atoms with E-state index in [0.29, 0.717) is 34.6 Å². The van der Waals surface area contributed by atoms with E-state index in [-0.39, 0.29) is 0 Å². The number of rotatable bonds is 24. The molecule has 1 heterocycles. The Balaban J connectivity index is 1.22. The van der Waals surface area contributed by atoms with Crippen LogP contribution in [0.4, 0.5) is 5.69 Å². The van der Waals surface area contributed by atoms with E-state index in [4.69, 9.17) is 9.47 Å². The summed E-state index contributed by atoms with van der Waals surface area (Å²) in [5.41, 5.74) is 0.111. The van der Waals surface area contributed by atoms with Crippen LogP contribution >= 0.6 is 0 Å². The lowest BCUT2D eigenvalue weighted by Crippen LogP contribution is -2.53. The Hall–Kier alpha value is -3.97. The van der Waals surface area contributed by atoms with Crippen LogP contribution in [0.5, 0.6) is 5.75 Å². The molecule has 1 unspecified atom stereocenters. The number of carbonyl (C=O) groups is 2. The Morgan fingerprint density at radius 1 is 0.688 bits per heavy atom.